The number of nitrogens with zero attached hydrogens (tertiary/aromatic N) is 2. The second kappa shape index (κ2) is 12.2. The minimum Gasteiger partial charge on any atom is -0.347 e. The first kappa shape index (κ1) is 23.8. The highest BCUT2D eigenvalue weighted by molar-refractivity contribution is 6.73. The number of rotatable bonds is 10. The number of aromatic nitrogens is 2. The monoisotopic (exact) mass is 481 g/mol. The van der Waals surface area contributed by atoms with Gasteiger partial charge in [0, 0.05) is 34.0 Å². The van der Waals surface area contributed by atoms with Gasteiger partial charge in [-0.2, -0.15) is 0 Å². The van der Waals surface area contributed by atoms with Gasteiger partial charge in [0.2, 0.25) is 7.28 Å². The van der Waals surface area contributed by atoms with Crippen molar-refractivity contribution in [1.29, 1.82) is 0 Å². The molecule has 0 bridgehead atoms. The van der Waals surface area contributed by atoms with Crippen molar-refractivity contribution in [2.75, 3.05) is 0 Å². The van der Waals surface area contributed by atoms with Gasteiger partial charge in [0.05, 0.1) is 5.72 Å². The summed E-state index contributed by atoms with van der Waals surface area (Å²) in [5.74, 6) is 0.452. The van der Waals surface area contributed by atoms with E-state index in [2.05, 4.69) is 145 Å². The molecule has 36 heavy (non-hydrogen) atoms. The van der Waals surface area contributed by atoms with E-state index in [1.807, 2.05) is 6.20 Å². The van der Waals surface area contributed by atoms with Crippen LogP contribution in [0.1, 0.15) is 28.2 Å². The molecule has 1 heterocycles. The van der Waals surface area contributed by atoms with Gasteiger partial charge in [-0.05, 0) is 22.3 Å². The molecule has 5 aromatic rings. The summed E-state index contributed by atoms with van der Waals surface area (Å²) in [6, 6.07) is 44.2. The second-order valence-corrected chi connectivity index (χ2v) is 10.7. The smallest absolute Gasteiger partial charge is 0.241 e. The molecule has 0 saturated heterocycles. The summed E-state index contributed by atoms with van der Waals surface area (Å²) in [6.45, 7) is 0. The van der Waals surface area contributed by atoms with Gasteiger partial charge in [0.15, 0.2) is 0 Å². The van der Waals surface area contributed by atoms with Crippen molar-refractivity contribution in [3.63, 3.8) is 0 Å². The first-order valence-electron chi connectivity index (χ1n) is 12.6. The Morgan fingerprint density at radius 3 is 1.92 bits per heavy atom. The zero-order chi connectivity index (χ0) is 24.4. The van der Waals surface area contributed by atoms with Gasteiger partial charge in [-0.25, -0.2) is 0 Å². The molecule has 0 aliphatic heterocycles. The van der Waals surface area contributed by atoms with Gasteiger partial charge in [-0.15, -0.1) is 0 Å². The quantitative estimate of drug-likeness (QED) is 0.182. The summed E-state index contributed by atoms with van der Waals surface area (Å²) < 4.78 is 2.33. The van der Waals surface area contributed by atoms with Crippen molar-refractivity contribution in [2.24, 2.45) is 0 Å². The molecule has 0 saturated carbocycles. The number of hydrogen-bond acceptors (Lipinski definition) is 1. The minimum atomic E-state index is -0.384. The Morgan fingerprint density at radius 2 is 1.31 bits per heavy atom. The van der Waals surface area contributed by atoms with Crippen LogP contribution in [0.2, 0.25) is 6.04 Å². The third-order valence-electron chi connectivity index (χ3n) is 6.56. The van der Waals surface area contributed by atoms with Gasteiger partial charge < -0.3 is 4.57 Å². The molecule has 1 aromatic heterocycles. The lowest BCUT2D eigenvalue weighted by molar-refractivity contribution is 0.864. The highest BCUT2D eigenvalue weighted by atomic mass is 28.2. The molecule has 0 atom stereocenters. The van der Waals surface area contributed by atoms with Crippen LogP contribution in [-0.2, 0) is 6.17 Å². The second-order valence-electron chi connectivity index (χ2n) is 9.02. The predicted octanol–water partition coefficient (Wildman–Crippen LogP) is 5.79. The summed E-state index contributed by atoms with van der Waals surface area (Å²) in [6.07, 6.45) is 7.36. The first-order valence-corrected chi connectivity index (χ1v) is 14.6. The van der Waals surface area contributed by atoms with Crippen LogP contribution in [0.4, 0.5) is 0 Å². The Labute approximate surface area is 217 Å². The summed E-state index contributed by atoms with van der Waals surface area (Å²) in [5, 5.41) is 0. The van der Waals surface area contributed by atoms with E-state index in [1.165, 1.54) is 33.8 Å². The van der Waals surface area contributed by atoms with Gasteiger partial charge in [-0.1, -0.05) is 139 Å². The van der Waals surface area contributed by atoms with E-state index in [0.29, 0.717) is 5.92 Å². The normalized spacial score (nSPS) is 11.9. The number of benzene rings is 4. The molecule has 0 aliphatic rings. The van der Waals surface area contributed by atoms with Crippen LogP contribution in [0, 0.1) is 0 Å². The van der Waals surface area contributed by atoms with Crippen LogP contribution < -0.4 is 5.72 Å². The average molecular weight is 482 g/mol. The largest absolute Gasteiger partial charge is 0.347 e. The Balaban J connectivity index is 1.33. The van der Waals surface area contributed by atoms with Gasteiger partial charge in [-0.3, -0.25) is 4.98 Å². The molecule has 1 radical (unpaired) electrons. The predicted molar refractivity (Wildman–Crippen MR) is 156 cm³/mol. The van der Waals surface area contributed by atoms with Crippen molar-refractivity contribution >= 4 is 34.1 Å². The topological polar surface area (TPSA) is 17.8 Å². The average Bonchev–Trinajstić information content (AvgIpc) is 3.39. The standard InChI is InChI=1S/C32H30BN2Si/c1-5-13-26(14-6-1)23-31(29-19-11-4-12-20-29)33-32-34-21-22-35(32)25-36-24-30(27-15-7-2-8-16-27)28-17-9-3-10-18-28/h1-23,30H,24-25,36H2. The SMILES string of the molecule is [B](C(=Cc1ccccc1)c1ccccc1)c1nccn1C[SiH2]CC(c1ccccc1)c1ccccc1. The molecule has 4 aromatic carbocycles. The molecule has 175 valence electrons. The fourth-order valence-electron chi connectivity index (χ4n) is 4.72. The molecule has 0 N–H and O–H groups in total. The van der Waals surface area contributed by atoms with E-state index in [9.17, 15) is 0 Å². The van der Waals surface area contributed by atoms with Crippen LogP contribution in [0.15, 0.2) is 134 Å². The zero-order valence-electron chi connectivity index (χ0n) is 20.4. The molecule has 0 spiro atoms. The van der Waals surface area contributed by atoms with Gasteiger partial charge in [0.25, 0.3) is 0 Å². The Morgan fingerprint density at radius 1 is 0.750 bits per heavy atom. The maximum atomic E-state index is 4.73. The fourth-order valence-corrected chi connectivity index (χ4v) is 6.70. The molecule has 0 unspecified atom stereocenters. The molecule has 2 nitrogen and oxygen atoms in total. The van der Waals surface area contributed by atoms with Crippen molar-refractivity contribution in [3.8, 4) is 0 Å². The van der Waals surface area contributed by atoms with E-state index in [-0.39, 0.29) is 9.52 Å². The van der Waals surface area contributed by atoms with Crippen molar-refractivity contribution in [1.82, 2.24) is 9.55 Å². The Hall–Kier alpha value is -3.89. The summed E-state index contributed by atoms with van der Waals surface area (Å²) in [4.78, 5) is 4.73. The third-order valence-corrected chi connectivity index (χ3v) is 8.34. The molecule has 4 heteroatoms. The van der Waals surface area contributed by atoms with Crippen molar-refractivity contribution < 1.29 is 0 Å². The van der Waals surface area contributed by atoms with Crippen LogP contribution in [-0.4, -0.2) is 26.4 Å². The zero-order valence-corrected chi connectivity index (χ0v) is 21.9. The maximum Gasteiger partial charge on any atom is 0.241 e. The molecule has 0 amide bonds. The first-order chi connectivity index (χ1) is 17.9. The van der Waals surface area contributed by atoms with E-state index in [1.54, 1.807) is 0 Å². The van der Waals surface area contributed by atoms with E-state index in [0.717, 1.165) is 11.9 Å². The van der Waals surface area contributed by atoms with E-state index in [4.69, 9.17) is 4.98 Å². The van der Waals surface area contributed by atoms with Gasteiger partial charge >= 0.3 is 0 Å². The number of hydrogen-bond donors (Lipinski definition) is 0. The van der Waals surface area contributed by atoms with Crippen LogP contribution >= 0.6 is 0 Å². The molecular formula is C32H30BN2Si. The maximum absolute atomic E-state index is 4.73. The lowest BCUT2D eigenvalue weighted by Gasteiger charge is -2.18. The summed E-state index contributed by atoms with van der Waals surface area (Å²) in [7, 11) is 1.84. The Bertz CT molecular complexity index is 1330. The van der Waals surface area contributed by atoms with Crippen molar-refractivity contribution in [3.05, 3.63) is 156 Å². The highest BCUT2D eigenvalue weighted by Gasteiger charge is 2.15. The van der Waals surface area contributed by atoms with E-state index >= 15 is 0 Å². The molecule has 5 rings (SSSR count). The lowest BCUT2D eigenvalue weighted by atomic mass is 9.65. The van der Waals surface area contributed by atoms with Crippen LogP contribution in [0.25, 0.3) is 11.5 Å². The summed E-state index contributed by atoms with van der Waals surface area (Å²) in [5.41, 5.74) is 7.39. The minimum absolute atomic E-state index is 0.384. The molecule has 0 fully saturated rings. The lowest BCUT2D eigenvalue weighted by Crippen LogP contribution is -2.29. The van der Waals surface area contributed by atoms with Crippen molar-refractivity contribution in [2.45, 2.75) is 18.1 Å². The molecular weight excluding hydrogens is 451 g/mol. The van der Waals surface area contributed by atoms with E-state index < -0.39 is 0 Å². The summed E-state index contributed by atoms with van der Waals surface area (Å²) >= 11 is 0. The Kier molecular flexibility index (Phi) is 8.07. The molecule has 0 aliphatic carbocycles. The van der Waals surface area contributed by atoms with Crippen LogP contribution in [0.5, 0.6) is 0 Å². The highest BCUT2D eigenvalue weighted by Crippen LogP contribution is 2.28. The number of imidazole rings is 1. The fraction of sp³-hybridized carbons (Fsp3) is 0.0938. The van der Waals surface area contributed by atoms with Gasteiger partial charge in [0.1, 0.15) is 0 Å². The third kappa shape index (κ3) is 6.21. The van der Waals surface area contributed by atoms with Crippen LogP contribution in [0.3, 0.4) is 0 Å².